The minimum atomic E-state index is -1.33. The van der Waals surface area contributed by atoms with Crippen LogP contribution in [0.4, 0.5) is 5.69 Å². The van der Waals surface area contributed by atoms with Gasteiger partial charge < -0.3 is 4.39 Å². The highest BCUT2D eigenvalue weighted by molar-refractivity contribution is 7.16. The van der Waals surface area contributed by atoms with Crippen molar-refractivity contribution in [3.8, 4) is 0 Å². The second-order valence-corrected chi connectivity index (χ2v) is 8.71. The maximum Gasteiger partial charge on any atom is 0.295 e. The van der Waals surface area contributed by atoms with E-state index in [1.807, 2.05) is 0 Å². The fourth-order valence-corrected chi connectivity index (χ4v) is 5.69. The molecule has 0 bridgehead atoms. The molecule has 4 aromatic rings. The lowest BCUT2D eigenvalue weighted by molar-refractivity contribution is 0.611. The quantitative estimate of drug-likeness (QED) is 0.429. The van der Waals surface area contributed by atoms with Crippen LogP contribution in [0.2, 0.25) is 0 Å². The zero-order valence-electron chi connectivity index (χ0n) is 17.6. The number of rotatable bonds is 3. The average molecular weight is 387 g/mol. The van der Waals surface area contributed by atoms with Gasteiger partial charge in [-0.3, -0.25) is 0 Å². The standard InChI is InChI=1S/C28H26BN/c1-30(2)28-21-13-12-16-24(28)22-27(23-14-6-3-7-15-23)29(30,25-17-8-4-9-18-25)26-19-10-5-11-20-26/h3-22H,1-2H3. The number of hydrogen-bond donors (Lipinski definition) is 0. The summed E-state index contributed by atoms with van der Waals surface area (Å²) in [5.74, 6) is 0. The van der Waals surface area contributed by atoms with Gasteiger partial charge in [0.15, 0.2) is 0 Å². The van der Waals surface area contributed by atoms with Gasteiger partial charge in [0.05, 0.1) is 5.69 Å². The summed E-state index contributed by atoms with van der Waals surface area (Å²) in [4.78, 5) is 0. The van der Waals surface area contributed by atoms with Crippen LogP contribution in [0.3, 0.4) is 0 Å². The molecule has 0 fully saturated rings. The highest BCUT2D eigenvalue weighted by Gasteiger charge is 2.51. The van der Waals surface area contributed by atoms with Crippen LogP contribution < -0.4 is 15.3 Å². The molecule has 0 aliphatic carbocycles. The van der Waals surface area contributed by atoms with E-state index in [1.165, 1.54) is 33.2 Å². The first-order valence-electron chi connectivity index (χ1n) is 10.6. The van der Waals surface area contributed by atoms with Gasteiger partial charge in [0.2, 0.25) is 0 Å². The number of fused-ring (bicyclic) bond motifs is 1. The molecular formula is C28H26BN. The third-order valence-electron chi connectivity index (χ3n) is 6.96. The smallest absolute Gasteiger partial charge is 0.295 e. The van der Waals surface area contributed by atoms with Crippen LogP contribution in [0, 0.1) is 0 Å². The van der Waals surface area contributed by atoms with E-state index in [9.17, 15) is 0 Å². The molecule has 146 valence electrons. The second kappa shape index (κ2) is 7.16. The average Bonchev–Trinajstić information content (AvgIpc) is 2.81. The molecule has 0 amide bonds. The molecule has 0 atom stereocenters. The molecule has 5 rings (SSSR count). The predicted molar refractivity (Wildman–Crippen MR) is 132 cm³/mol. The van der Waals surface area contributed by atoms with E-state index in [4.69, 9.17) is 0 Å². The van der Waals surface area contributed by atoms with E-state index in [1.54, 1.807) is 0 Å². The number of nitrogens with zero attached hydrogens (tertiary/aromatic N) is 1. The molecule has 4 aromatic carbocycles. The Morgan fingerprint density at radius 2 is 1.00 bits per heavy atom. The van der Waals surface area contributed by atoms with Crippen LogP contribution in [0.25, 0.3) is 11.5 Å². The molecule has 0 aromatic heterocycles. The fourth-order valence-electron chi connectivity index (χ4n) is 5.69. The predicted octanol–water partition coefficient (Wildman–Crippen LogP) is 5.11. The van der Waals surface area contributed by atoms with E-state index in [2.05, 4.69) is 135 Å². The topological polar surface area (TPSA) is 0 Å². The first-order chi connectivity index (χ1) is 14.7. The Morgan fingerprint density at radius 1 is 0.533 bits per heavy atom. The largest absolute Gasteiger partial charge is 0.474 e. The first kappa shape index (κ1) is 18.7. The van der Waals surface area contributed by atoms with Crippen molar-refractivity contribution in [3.63, 3.8) is 0 Å². The van der Waals surface area contributed by atoms with Gasteiger partial charge in [0, 0.05) is 19.7 Å². The van der Waals surface area contributed by atoms with Crippen LogP contribution >= 0.6 is 0 Å². The van der Waals surface area contributed by atoms with E-state index < -0.39 is 6.28 Å². The van der Waals surface area contributed by atoms with Gasteiger partial charge in [-0.05, 0) is 12.1 Å². The monoisotopic (exact) mass is 387 g/mol. The number of benzene rings is 4. The Labute approximate surface area is 179 Å². The molecule has 0 saturated carbocycles. The molecular weight excluding hydrogens is 361 g/mol. The number of quaternary nitrogens is 1. The SMILES string of the molecule is C[N+]1(C)c2ccccc2C=C(c2ccccc2)[B-]1(c1ccccc1)c1ccccc1. The molecule has 0 N–H and O–H groups in total. The molecule has 30 heavy (non-hydrogen) atoms. The summed E-state index contributed by atoms with van der Waals surface area (Å²) in [5.41, 5.74) is 8.04. The minimum absolute atomic E-state index is 0.769. The van der Waals surface area contributed by atoms with Crippen LogP contribution in [0.1, 0.15) is 11.1 Å². The van der Waals surface area contributed by atoms with E-state index in [0.717, 1.165) is 4.39 Å². The summed E-state index contributed by atoms with van der Waals surface area (Å²) in [6.45, 7) is 0. The Bertz CT molecular complexity index is 1160. The van der Waals surface area contributed by atoms with Gasteiger partial charge in [-0.2, -0.15) is 0 Å². The Hall–Kier alpha value is -3.36. The van der Waals surface area contributed by atoms with Crippen molar-refractivity contribution in [2.24, 2.45) is 0 Å². The van der Waals surface area contributed by atoms with Crippen molar-refractivity contribution >= 4 is 34.4 Å². The number of hydrogen-bond acceptors (Lipinski definition) is 0. The Balaban J connectivity index is 1.97. The summed E-state index contributed by atoms with van der Waals surface area (Å²) >= 11 is 0. The molecule has 0 radical (unpaired) electrons. The first-order valence-corrected chi connectivity index (χ1v) is 10.6. The highest BCUT2D eigenvalue weighted by Crippen LogP contribution is 2.43. The van der Waals surface area contributed by atoms with Crippen molar-refractivity contribution in [1.82, 2.24) is 4.39 Å². The van der Waals surface area contributed by atoms with Gasteiger partial charge in [0.1, 0.15) is 0 Å². The summed E-state index contributed by atoms with van der Waals surface area (Å²) < 4.78 is 0.769. The normalized spacial score (nSPS) is 16.4. The van der Waals surface area contributed by atoms with Gasteiger partial charge >= 0.3 is 0 Å². The van der Waals surface area contributed by atoms with Gasteiger partial charge in [0.25, 0.3) is 6.28 Å². The molecule has 2 heteroatoms. The Kier molecular flexibility index (Phi) is 4.45. The molecule has 1 nitrogen and oxygen atoms in total. The maximum absolute atomic E-state index is 2.42. The lowest BCUT2D eigenvalue weighted by Crippen LogP contribution is -2.79. The summed E-state index contributed by atoms with van der Waals surface area (Å²) in [6.07, 6.45) is 1.10. The van der Waals surface area contributed by atoms with Crippen molar-refractivity contribution in [3.05, 3.63) is 126 Å². The molecule has 1 aliphatic heterocycles. The summed E-state index contributed by atoms with van der Waals surface area (Å²) in [7, 11) is 4.74. The molecule has 1 heterocycles. The third kappa shape index (κ3) is 2.61. The molecule has 0 unspecified atom stereocenters. The van der Waals surface area contributed by atoms with Gasteiger partial charge in [-0.1, -0.05) is 115 Å². The minimum Gasteiger partial charge on any atom is -0.474 e. The molecule has 0 spiro atoms. The second-order valence-electron chi connectivity index (χ2n) is 8.71. The zero-order chi connectivity index (χ0) is 20.6. The van der Waals surface area contributed by atoms with Crippen molar-refractivity contribution in [2.45, 2.75) is 0 Å². The lowest BCUT2D eigenvalue weighted by Gasteiger charge is -2.60. The van der Waals surface area contributed by atoms with Crippen LogP contribution in [-0.4, -0.2) is 20.4 Å². The Morgan fingerprint density at radius 3 is 1.57 bits per heavy atom. The zero-order valence-corrected chi connectivity index (χ0v) is 17.6. The van der Waals surface area contributed by atoms with E-state index in [0.29, 0.717) is 0 Å². The molecule has 0 saturated heterocycles. The lowest BCUT2D eigenvalue weighted by atomic mass is 9.20. The van der Waals surface area contributed by atoms with Gasteiger partial charge in [-0.25, -0.2) is 0 Å². The summed E-state index contributed by atoms with van der Waals surface area (Å²) in [6, 6.07) is 41.9. The number of para-hydroxylation sites is 1. The third-order valence-corrected chi connectivity index (χ3v) is 6.96. The highest BCUT2D eigenvalue weighted by atomic mass is 15.3. The van der Waals surface area contributed by atoms with Crippen LogP contribution in [-0.2, 0) is 0 Å². The maximum atomic E-state index is 2.42. The molecule has 1 aliphatic rings. The summed E-state index contributed by atoms with van der Waals surface area (Å²) in [5, 5.41) is 0. The van der Waals surface area contributed by atoms with Crippen molar-refractivity contribution in [1.29, 1.82) is 0 Å². The van der Waals surface area contributed by atoms with Crippen molar-refractivity contribution in [2.75, 3.05) is 14.1 Å². The van der Waals surface area contributed by atoms with E-state index >= 15 is 0 Å². The van der Waals surface area contributed by atoms with Crippen LogP contribution in [0.15, 0.2) is 115 Å². The van der Waals surface area contributed by atoms with E-state index in [-0.39, 0.29) is 0 Å². The van der Waals surface area contributed by atoms with Crippen LogP contribution in [0.5, 0.6) is 0 Å². The van der Waals surface area contributed by atoms with Crippen molar-refractivity contribution < 1.29 is 0 Å². The van der Waals surface area contributed by atoms with Gasteiger partial charge in [-0.15, -0.1) is 16.4 Å². The fraction of sp³-hybridized carbons (Fsp3) is 0.0714.